The molecule has 1 unspecified atom stereocenters. The second kappa shape index (κ2) is 2.79. The number of rotatable bonds is 1. The Morgan fingerprint density at radius 1 is 1.64 bits per heavy atom. The van der Waals surface area contributed by atoms with E-state index in [1.54, 1.807) is 0 Å². The molecule has 11 heavy (non-hydrogen) atoms. The molecule has 1 atom stereocenters. The number of carbonyl (C=O) groups is 1. The standard InChI is InChI=1S/C7H14N2O2/c1-9(2)4-3-8-5-6(9)7(10)11/h6,8H,3-5H2,1-2H3/p+1. The Balaban J connectivity index is 2.67. The van der Waals surface area contributed by atoms with Gasteiger partial charge in [0.05, 0.1) is 27.2 Å². The molecule has 4 heteroatoms. The lowest BCUT2D eigenvalue weighted by Gasteiger charge is -2.39. The van der Waals surface area contributed by atoms with Gasteiger partial charge in [0, 0.05) is 6.54 Å². The summed E-state index contributed by atoms with van der Waals surface area (Å²) in [5, 5.41) is 11.9. The summed E-state index contributed by atoms with van der Waals surface area (Å²) in [7, 11) is 3.92. The van der Waals surface area contributed by atoms with Crippen LogP contribution in [0.3, 0.4) is 0 Å². The van der Waals surface area contributed by atoms with Crippen LogP contribution in [-0.4, -0.2) is 55.3 Å². The average molecular weight is 159 g/mol. The number of carboxylic acid groups (broad SMARTS) is 1. The Hall–Kier alpha value is -0.610. The molecule has 0 bridgehead atoms. The van der Waals surface area contributed by atoms with E-state index in [9.17, 15) is 4.79 Å². The van der Waals surface area contributed by atoms with E-state index in [2.05, 4.69) is 5.32 Å². The van der Waals surface area contributed by atoms with Crippen molar-refractivity contribution in [1.82, 2.24) is 5.32 Å². The Morgan fingerprint density at radius 2 is 2.27 bits per heavy atom. The van der Waals surface area contributed by atoms with Crippen LogP contribution in [0.4, 0.5) is 0 Å². The quantitative estimate of drug-likeness (QED) is 0.488. The zero-order valence-electron chi connectivity index (χ0n) is 7.00. The molecule has 1 rings (SSSR count). The van der Waals surface area contributed by atoms with Gasteiger partial charge in [-0.2, -0.15) is 0 Å². The highest BCUT2D eigenvalue weighted by Gasteiger charge is 2.36. The van der Waals surface area contributed by atoms with Gasteiger partial charge in [0.1, 0.15) is 0 Å². The summed E-state index contributed by atoms with van der Waals surface area (Å²) in [5.41, 5.74) is 0. The summed E-state index contributed by atoms with van der Waals surface area (Å²) in [5.74, 6) is -0.706. The summed E-state index contributed by atoms with van der Waals surface area (Å²) in [6.07, 6.45) is 0. The molecule has 0 aromatic heterocycles. The molecule has 1 saturated heterocycles. The van der Waals surface area contributed by atoms with E-state index in [-0.39, 0.29) is 6.04 Å². The molecule has 1 aliphatic heterocycles. The number of hydrogen-bond donors (Lipinski definition) is 2. The third-order valence-electron chi connectivity index (χ3n) is 2.33. The largest absolute Gasteiger partial charge is 0.477 e. The maximum Gasteiger partial charge on any atom is 0.363 e. The molecule has 0 spiro atoms. The number of nitrogens with one attached hydrogen (secondary N) is 1. The Bertz CT molecular complexity index is 168. The van der Waals surface area contributed by atoms with Crippen molar-refractivity contribution in [3.05, 3.63) is 0 Å². The van der Waals surface area contributed by atoms with Gasteiger partial charge in [-0.3, -0.25) is 0 Å². The number of aliphatic carboxylic acids is 1. The van der Waals surface area contributed by atoms with Gasteiger partial charge in [-0.15, -0.1) is 0 Å². The monoisotopic (exact) mass is 159 g/mol. The third kappa shape index (κ3) is 1.70. The van der Waals surface area contributed by atoms with E-state index in [1.807, 2.05) is 14.1 Å². The summed E-state index contributed by atoms with van der Waals surface area (Å²) in [6, 6.07) is -0.288. The van der Waals surface area contributed by atoms with Crippen molar-refractivity contribution in [2.75, 3.05) is 33.7 Å². The molecule has 2 N–H and O–H groups in total. The smallest absolute Gasteiger partial charge is 0.363 e. The van der Waals surface area contributed by atoms with Crippen LogP contribution in [0.5, 0.6) is 0 Å². The zero-order valence-corrected chi connectivity index (χ0v) is 7.00. The van der Waals surface area contributed by atoms with Crippen LogP contribution in [0, 0.1) is 0 Å². The molecule has 1 fully saturated rings. The van der Waals surface area contributed by atoms with Gasteiger partial charge in [-0.1, -0.05) is 0 Å². The van der Waals surface area contributed by atoms with Crippen molar-refractivity contribution in [2.24, 2.45) is 0 Å². The van der Waals surface area contributed by atoms with Gasteiger partial charge in [0.2, 0.25) is 0 Å². The predicted octanol–water partition coefficient (Wildman–Crippen LogP) is -0.881. The number of carboxylic acids is 1. The number of likely N-dealkylation sites (N-methyl/N-ethyl adjacent to an activating group) is 1. The maximum absolute atomic E-state index is 10.7. The van der Waals surface area contributed by atoms with Crippen molar-refractivity contribution >= 4 is 5.97 Å². The van der Waals surface area contributed by atoms with Crippen LogP contribution < -0.4 is 5.32 Å². The first kappa shape index (κ1) is 8.49. The molecule has 0 saturated carbocycles. The average Bonchev–Trinajstić information content (AvgIpc) is 1.85. The molecule has 0 radical (unpaired) electrons. The van der Waals surface area contributed by atoms with Gasteiger partial charge in [-0.25, -0.2) is 4.79 Å². The lowest BCUT2D eigenvalue weighted by molar-refractivity contribution is -0.908. The topological polar surface area (TPSA) is 49.3 Å². The van der Waals surface area contributed by atoms with Crippen LogP contribution in [0.1, 0.15) is 0 Å². The first-order valence-electron chi connectivity index (χ1n) is 3.80. The minimum Gasteiger partial charge on any atom is -0.477 e. The first-order valence-corrected chi connectivity index (χ1v) is 3.80. The normalized spacial score (nSPS) is 29.8. The van der Waals surface area contributed by atoms with Crippen LogP contribution in [-0.2, 0) is 4.79 Å². The Morgan fingerprint density at radius 3 is 2.64 bits per heavy atom. The van der Waals surface area contributed by atoms with Crippen molar-refractivity contribution in [2.45, 2.75) is 6.04 Å². The van der Waals surface area contributed by atoms with Gasteiger partial charge in [0.15, 0.2) is 6.04 Å². The summed E-state index contributed by atoms with van der Waals surface area (Å²) in [6.45, 7) is 2.38. The van der Waals surface area contributed by atoms with Gasteiger partial charge < -0.3 is 14.9 Å². The van der Waals surface area contributed by atoms with Gasteiger partial charge >= 0.3 is 5.97 Å². The number of nitrogens with zero attached hydrogens (tertiary/aromatic N) is 1. The van der Waals surface area contributed by atoms with Crippen LogP contribution in [0.15, 0.2) is 0 Å². The second-order valence-electron chi connectivity index (χ2n) is 3.56. The highest BCUT2D eigenvalue weighted by molar-refractivity contribution is 5.72. The van der Waals surface area contributed by atoms with Crippen LogP contribution in [0.25, 0.3) is 0 Å². The predicted molar refractivity (Wildman–Crippen MR) is 41.3 cm³/mol. The van der Waals surface area contributed by atoms with Crippen molar-refractivity contribution in [3.8, 4) is 0 Å². The Kier molecular flexibility index (Phi) is 2.15. The lowest BCUT2D eigenvalue weighted by atomic mass is 10.1. The molecule has 4 nitrogen and oxygen atoms in total. The second-order valence-corrected chi connectivity index (χ2v) is 3.56. The van der Waals surface area contributed by atoms with Gasteiger partial charge in [0.25, 0.3) is 0 Å². The summed E-state index contributed by atoms with van der Waals surface area (Å²) >= 11 is 0. The zero-order chi connectivity index (χ0) is 8.48. The van der Waals surface area contributed by atoms with E-state index in [1.165, 1.54) is 0 Å². The lowest BCUT2D eigenvalue weighted by Crippen LogP contribution is -2.63. The highest BCUT2D eigenvalue weighted by Crippen LogP contribution is 2.08. The SMILES string of the molecule is C[N+]1(C)CCNCC1C(=O)O. The van der Waals surface area contributed by atoms with E-state index in [0.717, 1.165) is 13.1 Å². The first-order chi connectivity index (χ1) is 5.04. The molecule has 0 aromatic carbocycles. The molecule has 0 aliphatic carbocycles. The highest BCUT2D eigenvalue weighted by atomic mass is 16.4. The molecule has 64 valence electrons. The number of quaternary nitrogens is 1. The Labute approximate surface area is 66.4 Å². The van der Waals surface area contributed by atoms with Crippen molar-refractivity contribution in [1.29, 1.82) is 0 Å². The number of piperazine rings is 1. The van der Waals surface area contributed by atoms with E-state index >= 15 is 0 Å². The maximum atomic E-state index is 10.7. The third-order valence-corrected chi connectivity index (χ3v) is 2.33. The molecular formula is C7H15N2O2+. The van der Waals surface area contributed by atoms with Crippen molar-refractivity contribution < 1.29 is 14.4 Å². The fraction of sp³-hybridized carbons (Fsp3) is 0.857. The van der Waals surface area contributed by atoms with Crippen molar-refractivity contribution in [3.63, 3.8) is 0 Å². The minimum atomic E-state index is -0.706. The fourth-order valence-electron chi connectivity index (χ4n) is 1.40. The van der Waals surface area contributed by atoms with Crippen LogP contribution in [0.2, 0.25) is 0 Å². The van der Waals surface area contributed by atoms with E-state index < -0.39 is 5.97 Å². The summed E-state index contributed by atoms with van der Waals surface area (Å²) in [4.78, 5) is 10.7. The molecule has 0 amide bonds. The molecule has 1 aliphatic rings. The van der Waals surface area contributed by atoms with Gasteiger partial charge in [-0.05, 0) is 0 Å². The molecule has 1 heterocycles. The fourth-order valence-corrected chi connectivity index (χ4v) is 1.40. The molecular weight excluding hydrogens is 144 g/mol. The minimum absolute atomic E-state index is 0.288. The van der Waals surface area contributed by atoms with Crippen LogP contribution >= 0.6 is 0 Å². The molecule has 0 aromatic rings. The van der Waals surface area contributed by atoms with E-state index in [4.69, 9.17) is 5.11 Å². The summed E-state index contributed by atoms with van der Waals surface area (Å²) < 4.78 is 0.586. The number of hydrogen-bond acceptors (Lipinski definition) is 2. The van der Waals surface area contributed by atoms with E-state index in [0.29, 0.717) is 11.0 Å².